The van der Waals surface area contributed by atoms with Gasteiger partial charge in [-0.15, -0.1) is 0 Å². The van der Waals surface area contributed by atoms with Crippen molar-refractivity contribution in [1.29, 1.82) is 0 Å². The molecule has 0 aliphatic heterocycles. The molecule has 0 unspecified atom stereocenters. The second kappa shape index (κ2) is 4.36. The van der Waals surface area contributed by atoms with Crippen LogP contribution in [-0.2, 0) is 4.79 Å². The van der Waals surface area contributed by atoms with Crippen molar-refractivity contribution in [3.8, 4) is 0 Å². The van der Waals surface area contributed by atoms with Gasteiger partial charge in [0.1, 0.15) is 0 Å². The maximum absolute atomic E-state index is 9.89. The van der Waals surface area contributed by atoms with Crippen LogP contribution < -0.4 is 5.32 Å². The van der Waals surface area contributed by atoms with Gasteiger partial charge in [0, 0.05) is 6.04 Å². The molecule has 0 saturated carbocycles. The van der Waals surface area contributed by atoms with Crippen molar-refractivity contribution in [3.05, 3.63) is 0 Å². The maximum Gasteiger partial charge on any atom is 0.207 e. The molecule has 0 radical (unpaired) electrons. The van der Waals surface area contributed by atoms with Gasteiger partial charge in [-0.3, -0.25) is 4.79 Å². The Kier molecular flexibility index (Phi) is 4.10. The predicted molar refractivity (Wildman–Crippen MR) is 38.1 cm³/mol. The van der Waals surface area contributed by atoms with E-state index in [2.05, 4.69) is 19.2 Å². The summed E-state index contributed by atoms with van der Waals surface area (Å²) in [5.74, 6) is 0.660. The lowest BCUT2D eigenvalue weighted by Gasteiger charge is -2.11. The van der Waals surface area contributed by atoms with Gasteiger partial charge < -0.3 is 5.32 Å². The number of nitrogens with one attached hydrogen (secondary N) is 1. The molecule has 2 heteroatoms. The highest BCUT2D eigenvalue weighted by atomic mass is 16.1. The molecule has 0 aromatic carbocycles. The number of hydrogen-bond acceptors (Lipinski definition) is 1. The van der Waals surface area contributed by atoms with Gasteiger partial charge in [-0.1, -0.05) is 13.8 Å². The Bertz CT molecular complexity index is 81.0. The van der Waals surface area contributed by atoms with Crippen molar-refractivity contribution in [2.24, 2.45) is 5.92 Å². The topological polar surface area (TPSA) is 29.1 Å². The molecule has 0 bridgehead atoms. The monoisotopic (exact) mass is 129 g/mol. The Balaban J connectivity index is 3.25. The second-order valence-corrected chi connectivity index (χ2v) is 2.82. The van der Waals surface area contributed by atoms with E-state index < -0.39 is 0 Å². The van der Waals surface area contributed by atoms with Crippen molar-refractivity contribution in [2.45, 2.75) is 33.2 Å². The van der Waals surface area contributed by atoms with Gasteiger partial charge in [-0.2, -0.15) is 0 Å². The van der Waals surface area contributed by atoms with Crippen molar-refractivity contribution in [2.75, 3.05) is 0 Å². The highest BCUT2D eigenvalue weighted by Crippen LogP contribution is 2.02. The van der Waals surface area contributed by atoms with Gasteiger partial charge >= 0.3 is 0 Å². The quantitative estimate of drug-likeness (QED) is 0.567. The van der Waals surface area contributed by atoms with Crippen LogP contribution in [0.4, 0.5) is 0 Å². The summed E-state index contributed by atoms with van der Waals surface area (Å²) < 4.78 is 0. The molecule has 0 heterocycles. The van der Waals surface area contributed by atoms with E-state index in [0.717, 1.165) is 12.8 Å². The largest absolute Gasteiger partial charge is 0.356 e. The van der Waals surface area contributed by atoms with Gasteiger partial charge in [-0.05, 0) is 19.3 Å². The Labute approximate surface area is 56.6 Å². The highest BCUT2D eigenvalue weighted by Gasteiger charge is 2.01. The zero-order chi connectivity index (χ0) is 7.28. The Hall–Kier alpha value is -0.530. The first kappa shape index (κ1) is 8.47. The van der Waals surface area contributed by atoms with Crippen molar-refractivity contribution in [3.63, 3.8) is 0 Å². The van der Waals surface area contributed by atoms with Gasteiger partial charge in [0.25, 0.3) is 0 Å². The van der Waals surface area contributed by atoms with Gasteiger partial charge in [-0.25, -0.2) is 0 Å². The van der Waals surface area contributed by atoms with E-state index in [9.17, 15) is 4.79 Å². The van der Waals surface area contributed by atoms with Crippen LogP contribution in [-0.4, -0.2) is 12.5 Å². The zero-order valence-electron chi connectivity index (χ0n) is 6.35. The van der Waals surface area contributed by atoms with E-state index in [1.54, 1.807) is 0 Å². The van der Waals surface area contributed by atoms with Crippen LogP contribution in [0, 0.1) is 5.92 Å². The average Bonchev–Trinajstić information content (AvgIpc) is 1.63. The molecule has 0 spiro atoms. The molecule has 2 nitrogen and oxygen atoms in total. The average molecular weight is 129 g/mol. The van der Waals surface area contributed by atoms with Crippen molar-refractivity contribution >= 4 is 6.41 Å². The molecule has 0 fully saturated rings. The maximum atomic E-state index is 9.89. The minimum Gasteiger partial charge on any atom is -0.356 e. The molecule has 0 rings (SSSR count). The van der Waals surface area contributed by atoms with Crippen LogP contribution in [0.25, 0.3) is 0 Å². The molecule has 0 saturated heterocycles. The third kappa shape index (κ3) is 5.34. The number of hydrogen-bond donors (Lipinski definition) is 1. The van der Waals surface area contributed by atoms with E-state index in [4.69, 9.17) is 0 Å². The highest BCUT2D eigenvalue weighted by molar-refractivity contribution is 5.46. The summed E-state index contributed by atoms with van der Waals surface area (Å²) in [6.07, 6.45) is 1.81. The summed E-state index contributed by atoms with van der Waals surface area (Å²) in [4.78, 5) is 9.89. The molecule has 0 aromatic heterocycles. The molecule has 1 atom stereocenters. The molecule has 1 N–H and O–H groups in total. The lowest BCUT2D eigenvalue weighted by Crippen LogP contribution is -2.25. The van der Waals surface area contributed by atoms with Crippen LogP contribution in [0.2, 0.25) is 0 Å². The Morgan fingerprint density at radius 3 is 2.33 bits per heavy atom. The first-order valence-electron chi connectivity index (χ1n) is 3.36. The summed E-state index contributed by atoms with van der Waals surface area (Å²) in [6.45, 7) is 6.29. The summed E-state index contributed by atoms with van der Waals surface area (Å²) in [5.41, 5.74) is 0. The van der Waals surface area contributed by atoms with Crippen molar-refractivity contribution in [1.82, 2.24) is 5.32 Å². The van der Waals surface area contributed by atoms with E-state index >= 15 is 0 Å². The van der Waals surface area contributed by atoms with Gasteiger partial charge in [0.05, 0.1) is 0 Å². The summed E-state index contributed by atoms with van der Waals surface area (Å²) in [5, 5.41) is 2.70. The van der Waals surface area contributed by atoms with E-state index in [1.807, 2.05) is 6.92 Å². The molecule has 54 valence electrons. The van der Waals surface area contributed by atoms with E-state index in [1.165, 1.54) is 0 Å². The third-order valence-electron chi connectivity index (χ3n) is 1.18. The number of carbonyl (C=O) groups is 1. The normalized spacial score (nSPS) is 13.3. The molecule has 9 heavy (non-hydrogen) atoms. The minimum absolute atomic E-state index is 0.322. The van der Waals surface area contributed by atoms with Crippen LogP contribution in [0.15, 0.2) is 0 Å². The van der Waals surface area contributed by atoms with E-state index in [0.29, 0.717) is 12.0 Å². The molecule has 0 aliphatic rings. The fourth-order valence-electron chi connectivity index (χ4n) is 0.891. The SMILES string of the molecule is CC(C)C[C@H](C)NC=O. The smallest absolute Gasteiger partial charge is 0.207 e. The Morgan fingerprint density at radius 1 is 1.44 bits per heavy atom. The van der Waals surface area contributed by atoms with Gasteiger partial charge in [0.2, 0.25) is 6.41 Å². The summed E-state index contributed by atoms with van der Waals surface area (Å²) in [6, 6.07) is 0.322. The Morgan fingerprint density at radius 2 is 2.00 bits per heavy atom. The summed E-state index contributed by atoms with van der Waals surface area (Å²) in [7, 11) is 0. The first-order valence-corrected chi connectivity index (χ1v) is 3.36. The third-order valence-corrected chi connectivity index (χ3v) is 1.18. The number of carbonyl (C=O) groups excluding carboxylic acids is 1. The second-order valence-electron chi connectivity index (χ2n) is 2.82. The first-order chi connectivity index (χ1) is 4.16. The predicted octanol–water partition coefficient (Wildman–Crippen LogP) is 1.17. The fraction of sp³-hybridized carbons (Fsp3) is 0.857. The molecular weight excluding hydrogens is 114 g/mol. The standard InChI is InChI=1S/C7H15NO/c1-6(2)4-7(3)8-5-9/h5-7H,4H2,1-3H3,(H,8,9)/t7-/m0/s1. The molecule has 1 amide bonds. The molecular formula is C7H15NO. The molecule has 0 aliphatic carbocycles. The van der Waals surface area contributed by atoms with Crippen LogP contribution in [0.5, 0.6) is 0 Å². The van der Waals surface area contributed by atoms with Crippen LogP contribution in [0.1, 0.15) is 27.2 Å². The zero-order valence-corrected chi connectivity index (χ0v) is 6.35. The fourth-order valence-corrected chi connectivity index (χ4v) is 0.891. The lowest BCUT2D eigenvalue weighted by atomic mass is 10.1. The van der Waals surface area contributed by atoms with Crippen LogP contribution >= 0.6 is 0 Å². The van der Waals surface area contributed by atoms with Gasteiger partial charge in [0.15, 0.2) is 0 Å². The summed E-state index contributed by atoms with van der Waals surface area (Å²) >= 11 is 0. The lowest BCUT2D eigenvalue weighted by molar-refractivity contribution is -0.110. The number of amides is 1. The van der Waals surface area contributed by atoms with Crippen LogP contribution in [0.3, 0.4) is 0 Å². The minimum atomic E-state index is 0.322. The van der Waals surface area contributed by atoms with Crippen molar-refractivity contribution < 1.29 is 4.79 Å². The van der Waals surface area contributed by atoms with E-state index in [-0.39, 0.29) is 0 Å². The molecule has 0 aromatic rings. The number of rotatable bonds is 4.